The Morgan fingerprint density at radius 3 is 2.71 bits per heavy atom. The Morgan fingerprint density at radius 2 is 2.05 bits per heavy atom. The van der Waals surface area contributed by atoms with Gasteiger partial charge in [-0.3, -0.25) is 0 Å². The van der Waals surface area contributed by atoms with Crippen molar-refractivity contribution in [3.63, 3.8) is 0 Å². The van der Waals surface area contributed by atoms with Crippen LogP contribution in [0.1, 0.15) is 37.5 Å². The summed E-state index contributed by atoms with van der Waals surface area (Å²) in [7, 11) is 0. The molecule has 21 heavy (non-hydrogen) atoms. The summed E-state index contributed by atoms with van der Waals surface area (Å²) in [4.78, 5) is 2.42. The normalized spacial score (nSPS) is 17.7. The second-order valence-electron chi connectivity index (χ2n) is 5.54. The van der Waals surface area contributed by atoms with E-state index in [1.807, 2.05) is 19.1 Å². The summed E-state index contributed by atoms with van der Waals surface area (Å²) in [6.07, 6.45) is 1.33. The summed E-state index contributed by atoms with van der Waals surface area (Å²) < 4.78 is 5.54. The van der Waals surface area contributed by atoms with Crippen LogP contribution >= 0.6 is 0 Å². The number of nitrogens with zero attached hydrogens (tertiary/aromatic N) is 1. The fourth-order valence-electron chi connectivity index (χ4n) is 2.86. The standard InChI is InChI=1S/C17H28N2O2/c1-3-14-13-15(21-4-2)5-6-16(14)17(20)7-10-19-11-8-18-9-12-19/h5-6,13,17-18,20H,3-4,7-12H2,1-2H3. The van der Waals surface area contributed by atoms with Crippen LogP contribution in [-0.4, -0.2) is 49.3 Å². The Bertz CT molecular complexity index is 431. The maximum Gasteiger partial charge on any atom is 0.119 e. The molecule has 0 saturated carbocycles. The van der Waals surface area contributed by atoms with Crippen LogP contribution in [-0.2, 0) is 6.42 Å². The van der Waals surface area contributed by atoms with E-state index < -0.39 is 0 Å². The van der Waals surface area contributed by atoms with Crippen LogP contribution in [0.15, 0.2) is 18.2 Å². The lowest BCUT2D eigenvalue weighted by Gasteiger charge is -2.28. The van der Waals surface area contributed by atoms with Crippen molar-refractivity contribution < 1.29 is 9.84 Å². The Morgan fingerprint density at radius 1 is 1.29 bits per heavy atom. The van der Waals surface area contributed by atoms with Gasteiger partial charge in [0.1, 0.15) is 5.75 Å². The quantitative estimate of drug-likeness (QED) is 0.806. The van der Waals surface area contributed by atoms with Gasteiger partial charge in [-0.25, -0.2) is 0 Å². The summed E-state index contributed by atoms with van der Waals surface area (Å²) in [5, 5.41) is 13.9. The molecular formula is C17H28N2O2. The third kappa shape index (κ3) is 4.70. The highest BCUT2D eigenvalue weighted by atomic mass is 16.5. The van der Waals surface area contributed by atoms with Crippen molar-refractivity contribution in [2.75, 3.05) is 39.3 Å². The number of aliphatic hydroxyl groups is 1. The van der Waals surface area contributed by atoms with Gasteiger partial charge in [-0.1, -0.05) is 13.0 Å². The molecule has 4 nitrogen and oxygen atoms in total. The summed E-state index contributed by atoms with van der Waals surface area (Å²) in [6, 6.07) is 6.05. The molecule has 1 unspecified atom stereocenters. The van der Waals surface area contributed by atoms with Crippen LogP contribution in [0.5, 0.6) is 5.75 Å². The van der Waals surface area contributed by atoms with Gasteiger partial charge < -0.3 is 20.1 Å². The predicted molar refractivity (Wildman–Crippen MR) is 85.9 cm³/mol. The van der Waals surface area contributed by atoms with Crippen LogP contribution in [0, 0.1) is 0 Å². The highest BCUT2D eigenvalue weighted by molar-refractivity contribution is 5.37. The van der Waals surface area contributed by atoms with E-state index in [1.165, 1.54) is 5.56 Å². The van der Waals surface area contributed by atoms with Gasteiger partial charge in [-0.15, -0.1) is 0 Å². The zero-order valence-corrected chi connectivity index (χ0v) is 13.3. The zero-order chi connectivity index (χ0) is 15.1. The lowest BCUT2D eigenvalue weighted by molar-refractivity contribution is 0.136. The second kappa shape index (κ2) is 8.37. The molecule has 2 rings (SSSR count). The van der Waals surface area contributed by atoms with Gasteiger partial charge in [0, 0.05) is 32.7 Å². The topological polar surface area (TPSA) is 44.7 Å². The molecule has 0 spiro atoms. The van der Waals surface area contributed by atoms with Crippen molar-refractivity contribution in [2.45, 2.75) is 32.8 Å². The van der Waals surface area contributed by atoms with Gasteiger partial charge in [0.15, 0.2) is 0 Å². The highest BCUT2D eigenvalue weighted by Gasteiger charge is 2.15. The molecule has 0 aromatic heterocycles. The lowest BCUT2D eigenvalue weighted by Crippen LogP contribution is -2.44. The molecule has 0 aliphatic carbocycles. The van der Waals surface area contributed by atoms with E-state index in [9.17, 15) is 5.11 Å². The summed E-state index contributed by atoms with van der Waals surface area (Å²) in [6.45, 7) is 10.0. The molecule has 1 aliphatic heterocycles. The van der Waals surface area contributed by atoms with Crippen molar-refractivity contribution in [3.8, 4) is 5.75 Å². The largest absolute Gasteiger partial charge is 0.494 e. The third-order valence-electron chi connectivity index (χ3n) is 4.09. The molecule has 1 aromatic carbocycles. The van der Waals surface area contributed by atoms with E-state index in [4.69, 9.17) is 4.74 Å². The van der Waals surface area contributed by atoms with Gasteiger partial charge in [0.05, 0.1) is 12.7 Å². The van der Waals surface area contributed by atoms with E-state index in [2.05, 4.69) is 23.2 Å². The number of nitrogens with one attached hydrogen (secondary N) is 1. The van der Waals surface area contributed by atoms with Crippen LogP contribution in [0.4, 0.5) is 0 Å². The zero-order valence-electron chi connectivity index (χ0n) is 13.3. The monoisotopic (exact) mass is 292 g/mol. The molecule has 1 heterocycles. The first-order chi connectivity index (χ1) is 10.2. The van der Waals surface area contributed by atoms with E-state index >= 15 is 0 Å². The van der Waals surface area contributed by atoms with Gasteiger partial charge in [0.2, 0.25) is 0 Å². The van der Waals surface area contributed by atoms with Crippen molar-refractivity contribution in [1.29, 1.82) is 0 Å². The van der Waals surface area contributed by atoms with Crippen molar-refractivity contribution >= 4 is 0 Å². The predicted octanol–water partition coefficient (Wildman–Crippen LogP) is 1.98. The number of piperazine rings is 1. The third-order valence-corrected chi connectivity index (χ3v) is 4.09. The number of benzene rings is 1. The van der Waals surface area contributed by atoms with Gasteiger partial charge in [0.25, 0.3) is 0 Å². The minimum atomic E-state index is -0.384. The first-order valence-corrected chi connectivity index (χ1v) is 8.11. The van der Waals surface area contributed by atoms with Crippen LogP contribution in [0.25, 0.3) is 0 Å². The Kier molecular flexibility index (Phi) is 6.49. The Hall–Kier alpha value is -1.10. The fourth-order valence-corrected chi connectivity index (χ4v) is 2.86. The second-order valence-corrected chi connectivity index (χ2v) is 5.54. The summed E-state index contributed by atoms with van der Waals surface area (Å²) in [5.74, 6) is 0.896. The number of rotatable bonds is 7. The van der Waals surface area contributed by atoms with E-state index in [0.717, 1.165) is 56.9 Å². The van der Waals surface area contributed by atoms with E-state index in [0.29, 0.717) is 6.61 Å². The highest BCUT2D eigenvalue weighted by Crippen LogP contribution is 2.26. The molecule has 1 aromatic rings. The number of aliphatic hydroxyl groups excluding tert-OH is 1. The molecule has 0 amide bonds. The fraction of sp³-hybridized carbons (Fsp3) is 0.647. The molecule has 1 fully saturated rings. The number of aryl methyl sites for hydroxylation is 1. The molecule has 0 radical (unpaired) electrons. The average molecular weight is 292 g/mol. The summed E-state index contributed by atoms with van der Waals surface area (Å²) >= 11 is 0. The van der Waals surface area contributed by atoms with Crippen LogP contribution in [0.2, 0.25) is 0 Å². The van der Waals surface area contributed by atoms with Crippen molar-refractivity contribution in [3.05, 3.63) is 29.3 Å². The molecule has 0 bridgehead atoms. The molecule has 4 heteroatoms. The number of hydrogen-bond acceptors (Lipinski definition) is 4. The maximum absolute atomic E-state index is 10.5. The first kappa shape index (κ1) is 16.3. The van der Waals surface area contributed by atoms with Gasteiger partial charge in [-0.2, -0.15) is 0 Å². The van der Waals surface area contributed by atoms with Crippen LogP contribution < -0.4 is 10.1 Å². The molecule has 118 valence electrons. The first-order valence-electron chi connectivity index (χ1n) is 8.11. The minimum absolute atomic E-state index is 0.384. The van der Waals surface area contributed by atoms with Gasteiger partial charge in [-0.05, 0) is 43.0 Å². The Balaban J connectivity index is 1.95. The minimum Gasteiger partial charge on any atom is -0.494 e. The van der Waals surface area contributed by atoms with Gasteiger partial charge >= 0.3 is 0 Å². The number of ether oxygens (including phenoxy) is 1. The average Bonchev–Trinajstić information content (AvgIpc) is 2.53. The number of hydrogen-bond donors (Lipinski definition) is 2. The maximum atomic E-state index is 10.5. The Labute approximate surface area is 128 Å². The smallest absolute Gasteiger partial charge is 0.119 e. The van der Waals surface area contributed by atoms with E-state index in [1.54, 1.807) is 0 Å². The van der Waals surface area contributed by atoms with Crippen molar-refractivity contribution in [1.82, 2.24) is 10.2 Å². The summed E-state index contributed by atoms with van der Waals surface area (Å²) in [5.41, 5.74) is 2.24. The molecule has 2 N–H and O–H groups in total. The molecule has 1 atom stereocenters. The van der Waals surface area contributed by atoms with Crippen molar-refractivity contribution in [2.24, 2.45) is 0 Å². The SMILES string of the molecule is CCOc1ccc(C(O)CCN2CCNCC2)c(CC)c1. The van der Waals surface area contributed by atoms with Crippen LogP contribution in [0.3, 0.4) is 0 Å². The molecule has 1 aliphatic rings. The van der Waals surface area contributed by atoms with E-state index in [-0.39, 0.29) is 6.10 Å². The lowest BCUT2D eigenvalue weighted by atomic mass is 9.98. The molecule has 1 saturated heterocycles. The molecular weight excluding hydrogens is 264 g/mol.